The maximum absolute atomic E-state index is 13.2. The van der Waals surface area contributed by atoms with E-state index in [1.54, 1.807) is 12.4 Å². The van der Waals surface area contributed by atoms with Crippen molar-refractivity contribution in [3.63, 3.8) is 0 Å². The van der Waals surface area contributed by atoms with E-state index in [2.05, 4.69) is 20.2 Å². The maximum Gasteiger partial charge on any atom is 0.253 e. The average Bonchev–Trinajstić information content (AvgIpc) is 2.87. The minimum atomic E-state index is -0.114. The number of carbonyl (C=O) groups is 2. The lowest BCUT2D eigenvalue weighted by molar-refractivity contribution is -0.146. The Bertz CT molecular complexity index is 1010. The van der Waals surface area contributed by atoms with Gasteiger partial charge in [0.2, 0.25) is 11.9 Å². The molecule has 2 amide bonds. The Kier molecular flexibility index (Phi) is 5.50. The number of hydrogen-bond donors (Lipinski definition) is 1. The number of aromatic nitrogens is 2. The molecule has 4 aliphatic carbocycles. The van der Waals surface area contributed by atoms with Crippen LogP contribution in [0.4, 0.5) is 5.95 Å². The molecular formula is C27H33N5O2. The van der Waals surface area contributed by atoms with Gasteiger partial charge in [-0.15, -0.1) is 0 Å². The van der Waals surface area contributed by atoms with Crippen molar-refractivity contribution in [1.82, 2.24) is 20.2 Å². The molecule has 4 saturated carbocycles. The minimum absolute atomic E-state index is 0.0535. The van der Waals surface area contributed by atoms with Crippen molar-refractivity contribution in [2.75, 3.05) is 31.1 Å². The Morgan fingerprint density at radius 2 is 1.47 bits per heavy atom. The highest BCUT2D eigenvalue weighted by Crippen LogP contribution is 2.60. The Hall–Kier alpha value is -2.96. The van der Waals surface area contributed by atoms with Gasteiger partial charge in [0.05, 0.1) is 0 Å². The Labute approximate surface area is 201 Å². The first-order valence-electron chi connectivity index (χ1n) is 12.8. The molecule has 1 aromatic heterocycles. The van der Waals surface area contributed by atoms with Gasteiger partial charge in [0.15, 0.2) is 0 Å². The molecule has 1 aliphatic heterocycles. The summed E-state index contributed by atoms with van der Waals surface area (Å²) in [7, 11) is 0. The molecule has 0 radical (unpaired) electrons. The van der Waals surface area contributed by atoms with Gasteiger partial charge in [0.25, 0.3) is 5.91 Å². The molecule has 0 spiro atoms. The van der Waals surface area contributed by atoms with E-state index in [-0.39, 0.29) is 17.2 Å². The lowest BCUT2D eigenvalue weighted by Gasteiger charge is -2.55. The number of nitrogens with one attached hydrogen (secondary N) is 1. The molecule has 5 fully saturated rings. The molecule has 7 rings (SSSR count). The zero-order valence-corrected chi connectivity index (χ0v) is 19.7. The normalized spacial score (nSPS) is 29.8. The number of hydrogen-bond acceptors (Lipinski definition) is 5. The van der Waals surface area contributed by atoms with Crippen LogP contribution in [0.5, 0.6) is 0 Å². The molecule has 1 saturated heterocycles. The van der Waals surface area contributed by atoms with Crippen molar-refractivity contribution in [3.8, 4) is 0 Å². The van der Waals surface area contributed by atoms with E-state index >= 15 is 0 Å². The molecule has 7 heteroatoms. The summed E-state index contributed by atoms with van der Waals surface area (Å²) in [5.41, 5.74) is 1.62. The zero-order valence-electron chi connectivity index (χ0n) is 19.7. The van der Waals surface area contributed by atoms with Gasteiger partial charge >= 0.3 is 0 Å². The van der Waals surface area contributed by atoms with E-state index in [0.717, 1.165) is 61.6 Å². The Morgan fingerprint density at radius 3 is 2.06 bits per heavy atom. The average molecular weight is 460 g/mol. The highest BCUT2D eigenvalue weighted by Gasteiger charge is 2.54. The first-order chi connectivity index (χ1) is 16.6. The molecule has 1 aromatic carbocycles. The molecule has 34 heavy (non-hydrogen) atoms. The summed E-state index contributed by atoms with van der Waals surface area (Å²) in [6.45, 7) is 3.29. The van der Waals surface area contributed by atoms with Gasteiger partial charge in [0.1, 0.15) is 0 Å². The minimum Gasteiger partial charge on any atom is -0.352 e. The van der Waals surface area contributed by atoms with Crippen LogP contribution in [0.25, 0.3) is 0 Å². The standard InChI is InChI=1S/C27H33N5O2/c33-24(31-8-10-32(11-9-31)26-28-6-1-7-29-26)23-4-2-19(3-5-23)18-30-25(34)27-15-20-12-21(16-27)14-22(13-20)17-27/h1-7,20-22H,8-18H2,(H,30,34). The Balaban J connectivity index is 1.02. The van der Waals surface area contributed by atoms with Crippen LogP contribution < -0.4 is 10.2 Å². The third-order valence-corrected chi connectivity index (χ3v) is 8.58. The van der Waals surface area contributed by atoms with Gasteiger partial charge in [-0.1, -0.05) is 12.1 Å². The lowest BCUT2D eigenvalue weighted by Crippen LogP contribution is -2.53. The second kappa shape index (κ2) is 8.67. The van der Waals surface area contributed by atoms with Crippen LogP contribution >= 0.6 is 0 Å². The zero-order chi connectivity index (χ0) is 23.1. The van der Waals surface area contributed by atoms with Crippen LogP contribution in [0.3, 0.4) is 0 Å². The van der Waals surface area contributed by atoms with Gasteiger partial charge in [-0.2, -0.15) is 0 Å². The molecule has 7 nitrogen and oxygen atoms in total. The third-order valence-electron chi connectivity index (χ3n) is 8.58. The molecule has 178 valence electrons. The fourth-order valence-corrected chi connectivity index (χ4v) is 7.27. The summed E-state index contributed by atoms with van der Waals surface area (Å²) >= 11 is 0. The lowest BCUT2D eigenvalue weighted by atomic mass is 9.49. The van der Waals surface area contributed by atoms with E-state index in [1.807, 2.05) is 35.2 Å². The second-order valence-electron chi connectivity index (χ2n) is 10.9. The van der Waals surface area contributed by atoms with Gasteiger partial charge in [-0.05, 0) is 80.0 Å². The number of nitrogens with zero attached hydrogens (tertiary/aromatic N) is 4. The van der Waals surface area contributed by atoms with Crippen molar-refractivity contribution in [1.29, 1.82) is 0 Å². The summed E-state index contributed by atoms with van der Waals surface area (Å²) in [6.07, 6.45) is 10.8. The molecule has 0 unspecified atom stereocenters. The van der Waals surface area contributed by atoms with Crippen molar-refractivity contribution in [3.05, 3.63) is 53.9 Å². The number of piperazine rings is 1. The summed E-state index contributed by atoms with van der Waals surface area (Å²) in [4.78, 5) is 38.8. The fraction of sp³-hybridized carbons (Fsp3) is 0.556. The smallest absolute Gasteiger partial charge is 0.253 e. The van der Waals surface area contributed by atoms with E-state index in [0.29, 0.717) is 25.2 Å². The summed E-state index contributed by atoms with van der Waals surface area (Å²) < 4.78 is 0. The topological polar surface area (TPSA) is 78.4 Å². The summed E-state index contributed by atoms with van der Waals surface area (Å²) in [5.74, 6) is 3.33. The number of carbonyl (C=O) groups excluding carboxylic acids is 2. The largest absolute Gasteiger partial charge is 0.352 e. The summed E-state index contributed by atoms with van der Waals surface area (Å²) in [5, 5.41) is 3.24. The van der Waals surface area contributed by atoms with E-state index < -0.39 is 0 Å². The monoisotopic (exact) mass is 459 g/mol. The number of benzene rings is 1. The van der Waals surface area contributed by atoms with E-state index in [4.69, 9.17) is 0 Å². The van der Waals surface area contributed by atoms with Crippen molar-refractivity contribution >= 4 is 17.8 Å². The Morgan fingerprint density at radius 1 is 0.882 bits per heavy atom. The maximum atomic E-state index is 13.2. The molecule has 1 N–H and O–H groups in total. The van der Waals surface area contributed by atoms with Crippen LogP contribution in [0, 0.1) is 23.2 Å². The van der Waals surface area contributed by atoms with Crippen LogP contribution in [0.2, 0.25) is 0 Å². The van der Waals surface area contributed by atoms with Gasteiger partial charge in [0, 0.05) is 56.1 Å². The first kappa shape index (κ1) is 21.6. The summed E-state index contributed by atoms with van der Waals surface area (Å²) in [6, 6.07) is 9.53. The number of amides is 2. The van der Waals surface area contributed by atoms with Crippen LogP contribution in [-0.2, 0) is 11.3 Å². The molecule has 5 aliphatic rings. The predicted octanol–water partition coefficient (Wildman–Crippen LogP) is 3.27. The molecule has 2 aromatic rings. The number of rotatable bonds is 5. The van der Waals surface area contributed by atoms with Gasteiger partial charge < -0.3 is 15.1 Å². The van der Waals surface area contributed by atoms with Crippen LogP contribution in [-0.4, -0.2) is 52.9 Å². The quantitative estimate of drug-likeness (QED) is 0.743. The predicted molar refractivity (Wildman–Crippen MR) is 129 cm³/mol. The van der Waals surface area contributed by atoms with Gasteiger partial charge in [-0.3, -0.25) is 9.59 Å². The highest BCUT2D eigenvalue weighted by molar-refractivity contribution is 5.94. The van der Waals surface area contributed by atoms with E-state index in [9.17, 15) is 9.59 Å². The van der Waals surface area contributed by atoms with Crippen LogP contribution in [0.15, 0.2) is 42.7 Å². The number of anilines is 1. The van der Waals surface area contributed by atoms with Crippen molar-refractivity contribution < 1.29 is 9.59 Å². The van der Waals surface area contributed by atoms with E-state index in [1.165, 1.54) is 19.3 Å². The highest BCUT2D eigenvalue weighted by atomic mass is 16.2. The molecule has 4 bridgehead atoms. The van der Waals surface area contributed by atoms with Crippen LogP contribution in [0.1, 0.15) is 54.4 Å². The van der Waals surface area contributed by atoms with Gasteiger partial charge in [-0.25, -0.2) is 9.97 Å². The third kappa shape index (κ3) is 4.05. The van der Waals surface area contributed by atoms with Crippen molar-refractivity contribution in [2.24, 2.45) is 23.2 Å². The molecular weight excluding hydrogens is 426 g/mol. The fourth-order valence-electron chi connectivity index (χ4n) is 7.27. The first-order valence-corrected chi connectivity index (χ1v) is 12.8. The second-order valence-corrected chi connectivity index (χ2v) is 10.9. The molecule has 2 heterocycles. The van der Waals surface area contributed by atoms with Crippen molar-refractivity contribution in [2.45, 2.75) is 45.1 Å². The SMILES string of the molecule is O=C(c1ccc(CNC(=O)C23CC4CC(CC(C4)C2)C3)cc1)N1CCN(c2ncccn2)CC1. The molecule has 0 atom stereocenters.